The molecule has 3 rings (SSSR count). The zero-order chi connectivity index (χ0) is 17.8. The smallest absolute Gasteiger partial charge is 0.265 e. The highest BCUT2D eigenvalue weighted by Gasteiger charge is 2.10. The fourth-order valence-electron chi connectivity index (χ4n) is 2.67. The summed E-state index contributed by atoms with van der Waals surface area (Å²) < 4.78 is 5.86. The van der Waals surface area contributed by atoms with Crippen LogP contribution in [0.2, 0.25) is 0 Å². The van der Waals surface area contributed by atoms with Gasteiger partial charge in [0.05, 0.1) is 4.88 Å². The van der Waals surface area contributed by atoms with Gasteiger partial charge in [0.15, 0.2) is 0 Å². The molecule has 0 bridgehead atoms. The predicted molar refractivity (Wildman–Crippen MR) is 104 cm³/mol. The van der Waals surface area contributed by atoms with E-state index in [9.17, 15) is 4.79 Å². The number of carbonyl (C=O) groups is 1. The van der Waals surface area contributed by atoms with Crippen LogP contribution in [-0.2, 0) is 6.61 Å². The van der Waals surface area contributed by atoms with Crippen molar-refractivity contribution in [3.05, 3.63) is 81.0 Å². The Hall–Kier alpha value is -2.59. The van der Waals surface area contributed by atoms with E-state index in [0.717, 1.165) is 22.6 Å². The molecule has 4 heteroatoms. The molecule has 0 saturated heterocycles. The highest BCUT2D eigenvalue weighted by Crippen LogP contribution is 2.21. The van der Waals surface area contributed by atoms with Gasteiger partial charge in [0.25, 0.3) is 5.91 Å². The van der Waals surface area contributed by atoms with E-state index in [-0.39, 0.29) is 5.91 Å². The van der Waals surface area contributed by atoms with Crippen molar-refractivity contribution in [1.82, 2.24) is 0 Å². The van der Waals surface area contributed by atoms with E-state index in [2.05, 4.69) is 25.2 Å². The first-order valence-corrected chi connectivity index (χ1v) is 9.04. The average Bonchev–Trinajstić information content (AvgIpc) is 3.01. The van der Waals surface area contributed by atoms with Crippen molar-refractivity contribution in [3.63, 3.8) is 0 Å². The topological polar surface area (TPSA) is 38.3 Å². The van der Waals surface area contributed by atoms with Crippen LogP contribution in [0.4, 0.5) is 5.69 Å². The number of anilines is 1. The minimum atomic E-state index is -0.0896. The average molecular weight is 351 g/mol. The van der Waals surface area contributed by atoms with Crippen molar-refractivity contribution < 1.29 is 9.53 Å². The van der Waals surface area contributed by atoms with Crippen LogP contribution in [0.25, 0.3) is 0 Å². The lowest BCUT2D eigenvalue weighted by atomic mass is 10.1. The molecule has 0 aliphatic heterocycles. The summed E-state index contributed by atoms with van der Waals surface area (Å²) in [6.45, 7) is 6.57. The normalized spacial score (nSPS) is 10.5. The van der Waals surface area contributed by atoms with Gasteiger partial charge in [-0.1, -0.05) is 18.2 Å². The van der Waals surface area contributed by atoms with Gasteiger partial charge in [0, 0.05) is 11.3 Å². The molecular weight excluding hydrogens is 330 g/mol. The number of hydrogen-bond donors (Lipinski definition) is 1. The maximum Gasteiger partial charge on any atom is 0.265 e. The molecule has 0 aliphatic rings. The first-order chi connectivity index (χ1) is 12.0. The zero-order valence-corrected chi connectivity index (χ0v) is 15.4. The molecule has 25 heavy (non-hydrogen) atoms. The van der Waals surface area contributed by atoms with Crippen LogP contribution in [0.1, 0.15) is 31.9 Å². The van der Waals surface area contributed by atoms with Gasteiger partial charge >= 0.3 is 0 Å². The molecular formula is C21H21NO2S. The quantitative estimate of drug-likeness (QED) is 0.659. The first kappa shape index (κ1) is 17.2. The summed E-state index contributed by atoms with van der Waals surface area (Å²) in [6, 6.07) is 15.8. The van der Waals surface area contributed by atoms with Gasteiger partial charge in [-0.05, 0) is 73.2 Å². The van der Waals surface area contributed by atoms with E-state index in [1.54, 1.807) is 0 Å². The number of hydrogen-bond acceptors (Lipinski definition) is 3. The van der Waals surface area contributed by atoms with E-state index in [1.165, 1.54) is 22.5 Å². The van der Waals surface area contributed by atoms with Gasteiger partial charge in [0.2, 0.25) is 0 Å². The van der Waals surface area contributed by atoms with Crippen LogP contribution < -0.4 is 10.1 Å². The Kier molecular flexibility index (Phi) is 5.19. The Morgan fingerprint density at radius 3 is 2.48 bits per heavy atom. The van der Waals surface area contributed by atoms with E-state index in [0.29, 0.717) is 11.5 Å². The molecule has 0 fully saturated rings. The van der Waals surface area contributed by atoms with Crippen LogP contribution in [0.15, 0.2) is 53.9 Å². The number of benzene rings is 2. The summed E-state index contributed by atoms with van der Waals surface area (Å²) in [5, 5.41) is 4.90. The standard InChI is InChI=1S/C21H21NO2S/c1-14-5-4-6-18(8-14)22-21(23)20-11-17(13-25-20)12-24-19-9-15(2)7-16(3)10-19/h4-11,13H,12H2,1-3H3,(H,22,23). The molecule has 2 aromatic carbocycles. The third-order valence-corrected chi connectivity index (χ3v) is 4.73. The fourth-order valence-corrected chi connectivity index (χ4v) is 3.46. The number of thiophene rings is 1. The monoisotopic (exact) mass is 351 g/mol. The van der Waals surface area contributed by atoms with E-state index >= 15 is 0 Å². The second-order valence-electron chi connectivity index (χ2n) is 6.25. The Morgan fingerprint density at radius 2 is 1.76 bits per heavy atom. The lowest BCUT2D eigenvalue weighted by molar-refractivity contribution is 0.103. The van der Waals surface area contributed by atoms with Crippen molar-refractivity contribution in [2.24, 2.45) is 0 Å². The molecule has 1 heterocycles. The SMILES string of the molecule is Cc1cccc(NC(=O)c2cc(COc3cc(C)cc(C)c3)cs2)c1. The van der Waals surface area contributed by atoms with Gasteiger partial charge in [0.1, 0.15) is 12.4 Å². The van der Waals surface area contributed by atoms with Crippen molar-refractivity contribution in [2.75, 3.05) is 5.32 Å². The van der Waals surface area contributed by atoms with Crippen LogP contribution >= 0.6 is 11.3 Å². The number of amides is 1. The molecule has 1 aromatic heterocycles. The van der Waals surface area contributed by atoms with E-state index < -0.39 is 0 Å². The molecule has 3 nitrogen and oxygen atoms in total. The summed E-state index contributed by atoms with van der Waals surface area (Å²) in [4.78, 5) is 13.0. The number of rotatable bonds is 5. The summed E-state index contributed by atoms with van der Waals surface area (Å²) >= 11 is 1.43. The molecule has 0 aliphatic carbocycles. The molecule has 0 spiro atoms. The van der Waals surface area contributed by atoms with Gasteiger partial charge in [-0.2, -0.15) is 0 Å². The van der Waals surface area contributed by atoms with Crippen molar-refractivity contribution in [1.29, 1.82) is 0 Å². The Labute approximate surface area is 152 Å². The van der Waals surface area contributed by atoms with Crippen LogP contribution in [0.5, 0.6) is 5.75 Å². The maximum absolute atomic E-state index is 12.4. The molecule has 1 amide bonds. The molecule has 0 saturated carbocycles. The van der Waals surface area contributed by atoms with E-state index in [4.69, 9.17) is 4.74 Å². The number of nitrogens with one attached hydrogen (secondary N) is 1. The van der Waals surface area contributed by atoms with Gasteiger partial charge in [-0.15, -0.1) is 11.3 Å². The summed E-state index contributed by atoms with van der Waals surface area (Å²) in [5.74, 6) is 0.766. The third-order valence-electron chi connectivity index (χ3n) is 3.75. The fraction of sp³-hybridized carbons (Fsp3) is 0.190. The number of ether oxygens (including phenoxy) is 1. The second-order valence-corrected chi connectivity index (χ2v) is 7.17. The summed E-state index contributed by atoms with van der Waals surface area (Å²) in [5.41, 5.74) is 5.29. The lowest BCUT2D eigenvalue weighted by Gasteiger charge is -2.07. The largest absolute Gasteiger partial charge is 0.489 e. The minimum Gasteiger partial charge on any atom is -0.489 e. The Bertz CT molecular complexity index is 878. The molecule has 3 aromatic rings. The van der Waals surface area contributed by atoms with Crippen LogP contribution in [0.3, 0.4) is 0 Å². The van der Waals surface area contributed by atoms with Crippen molar-refractivity contribution >= 4 is 22.9 Å². The van der Waals surface area contributed by atoms with Crippen LogP contribution in [-0.4, -0.2) is 5.91 Å². The third kappa shape index (κ3) is 4.70. The first-order valence-electron chi connectivity index (χ1n) is 8.16. The summed E-state index contributed by atoms with van der Waals surface area (Å²) in [7, 11) is 0. The van der Waals surface area contributed by atoms with Crippen LogP contribution in [0, 0.1) is 20.8 Å². The second kappa shape index (κ2) is 7.53. The van der Waals surface area contributed by atoms with Gasteiger partial charge in [-0.25, -0.2) is 0 Å². The molecule has 0 atom stereocenters. The molecule has 0 radical (unpaired) electrons. The lowest BCUT2D eigenvalue weighted by Crippen LogP contribution is -2.10. The number of carbonyl (C=O) groups excluding carboxylic acids is 1. The highest BCUT2D eigenvalue weighted by atomic mass is 32.1. The van der Waals surface area contributed by atoms with Gasteiger partial charge in [-0.3, -0.25) is 4.79 Å². The van der Waals surface area contributed by atoms with Gasteiger partial charge < -0.3 is 10.1 Å². The molecule has 1 N–H and O–H groups in total. The Morgan fingerprint density at radius 1 is 1.00 bits per heavy atom. The van der Waals surface area contributed by atoms with Crippen molar-refractivity contribution in [2.45, 2.75) is 27.4 Å². The summed E-state index contributed by atoms with van der Waals surface area (Å²) in [6.07, 6.45) is 0. The molecule has 0 unspecified atom stereocenters. The number of aryl methyl sites for hydroxylation is 3. The zero-order valence-electron chi connectivity index (χ0n) is 14.6. The minimum absolute atomic E-state index is 0.0896. The Balaban J connectivity index is 1.62. The highest BCUT2D eigenvalue weighted by molar-refractivity contribution is 7.12. The molecule has 128 valence electrons. The van der Waals surface area contributed by atoms with Crippen molar-refractivity contribution in [3.8, 4) is 5.75 Å². The maximum atomic E-state index is 12.4. The van der Waals surface area contributed by atoms with E-state index in [1.807, 2.05) is 54.8 Å². The predicted octanol–water partition coefficient (Wildman–Crippen LogP) is 5.50.